The van der Waals surface area contributed by atoms with E-state index in [9.17, 15) is 4.79 Å². The molecule has 1 saturated heterocycles. The molecule has 4 heteroatoms. The Morgan fingerprint density at radius 1 is 1.43 bits per heavy atom. The van der Waals surface area contributed by atoms with Gasteiger partial charge in [0.15, 0.2) is 0 Å². The molecule has 1 aromatic heterocycles. The molecule has 116 valence electrons. The normalized spacial score (nSPS) is 27.4. The molecule has 1 aromatic rings. The lowest BCUT2D eigenvalue weighted by atomic mass is 10.1. The molecule has 3 rings (SSSR count). The fourth-order valence-corrected chi connectivity index (χ4v) is 4.26. The molecule has 21 heavy (non-hydrogen) atoms. The van der Waals surface area contributed by atoms with Crippen molar-refractivity contribution in [2.45, 2.75) is 71.1 Å². The predicted octanol–water partition coefficient (Wildman–Crippen LogP) is 3.84. The first-order valence-corrected chi connectivity index (χ1v) is 9.08. The van der Waals surface area contributed by atoms with Crippen molar-refractivity contribution in [1.82, 2.24) is 10.2 Å². The van der Waals surface area contributed by atoms with E-state index < -0.39 is 0 Å². The number of hydrogen-bond acceptors (Lipinski definition) is 3. The second-order valence-electron chi connectivity index (χ2n) is 6.54. The smallest absolute Gasteiger partial charge is 0.241 e. The van der Waals surface area contributed by atoms with Crippen LogP contribution in [-0.2, 0) is 4.79 Å². The van der Waals surface area contributed by atoms with E-state index in [1.54, 1.807) is 0 Å². The molecule has 1 saturated carbocycles. The average molecular weight is 306 g/mol. The van der Waals surface area contributed by atoms with Crippen molar-refractivity contribution in [1.29, 1.82) is 0 Å². The van der Waals surface area contributed by atoms with Crippen LogP contribution in [0.1, 0.15) is 61.9 Å². The molecule has 2 aliphatic rings. The third-order valence-corrected chi connectivity index (χ3v) is 5.86. The van der Waals surface area contributed by atoms with Crippen LogP contribution in [0.5, 0.6) is 0 Å². The molecular weight excluding hydrogens is 280 g/mol. The van der Waals surface area contributed by atoms with Crippen molar-refractivity contribution in [3.8, 4) is 0 Å². The molecule has 0 aromatic carbocycles. The first-order chi connectivity index (χ1) is 10.1. The number of aryl methyl sites for hydroxylation is 1. The number of thiophene rings is 1. The van der Waals surface area contributed by atoms with Crippen molar-refractivity contribution >= 4 is 17.2 Å². The van der Waals surface area contributed by atoms with Crippen LogP contribution in [0, 0.1) is 12.8 Å². The monoisotopic (exact) mass is 306 g/mol. The zero-order valence-corrected chi connectivity index (χ0v) is 14.1. The molecule has 3 unspecified atom stereocenters. The van der Waals surface area contributed by atoms with Crippen LogP contribution in [0.4, 0.5) is 0 Å². The molecule has 0 bridgehead atoms. The van der Waals surface area contributed by atoms with Gasteiger partial charge in [0.1, 0.15) is 6.17 Å². The molecule has 1 aliphatic carbocycles. The van der Waals surface area contributed by atoms with Crippen LogP contribution in [0.3, 0.4) is 0 Å². The Morgan fingerprint density at radius 2 is 2.19 bits per heavy atom. The number of unbranched alkanes of at least 4 members (excludes halogenated alkanes) is 1. The standard InChI is InChI=1S/C17H26N2OS/c1-4-5-6-14-17(20)19(12(3)13-8-9-13)16(18-14)15-10-7-11(2)21-15/h7,10,12-14,16,18H,4-6,8-9H2,1-3H3. The van der Waals surface area contributed by atoms with Gasteiger partial charge < -0.3 is 4.90 Å². The fourth-order valence-electron chi connectivity index (χ4n) is 3.33. The Hall–Kier alpha value is -0.870. The van der Waals surface area contributed by atoms with Gasteiger partial charge in [0.25, 0.3) is 0 Å². The Balaban J connectivity index is 1.82. The summed E-state index contributed by atoms with van der Waals surface area (Å²) in [5.74, 6) is 1.03. The second kappa shape index (κ2) is 6.09. The maximum atomic E-state index is 12.8. The van der Waals surface area contributed by atoms with Crippen LogP contribution in [0.2, 0.25) is 0 Å². The van der Waals surface area contributed by atoms with Gasteiger partial charge in [-0.2, -0.15) is 0 Å². The van der Waals surface area contributed by atoms with Gasteiger partial charge in [-0.3, -0.25) is 10.1 Å². The third kappa shape index (κ3) is 3.02. The largest absolute Gasteiger partial charge is 0.318 e. The molecule has 1 N–H and O–H groups in total. The van der Waals surface area contributed by atoms with Gasteiger partial charge in [0, 0.05) is 15.8 Å². The minimum absolute atomic E-state index is 0.0126. The van der Waals surface area contributed by atoms with Gasteiger partial charge in [-0.05, 0) is 51.2 Å². The molecule has 0 radical (unpaired) electrons. The lowest BCUT2D eigenvalue weighted by Gasteiger charge is -2.30. The summed E-state index contributed by atoms with van der Waals surface area (Å²) in [6, 6.07) is 4.72. The Morgan fingerprint density at radius 3 is 2.76 bits per heavy atom. The van der Waals surface area contributed by atoms with Gasteiger partial charge >= 0.3 is 0 Å². The number of rotatable bonds is 6. The highest BCUT2D eigenvalue weighted by molar-refractivity contribution is 7.12. The summed E-state index contributed by atoms with van der Waals surface area (Å²) in [5.41, 5.74) is 0. The fraction of sp³-hybridized carbons (Fsp3) is 0.706. The van der Waals surface area contributed by atoms with E-state index in [1.165, 1.54) is 22.6 Å². The topological polar surface area (TPSA) is 32.3 Å². The molecule has 1 amide bonds. The maximum absolute atomic E-state index is 12.8. The number of nitrogens with one attached hydrogen (secondary N) is 1. The minimum Gasteiger partial charge on any atom is -0.318 e. The van der Waals surface area contributed by atoms with E-state index in [2.05, 4.69) is 43.1 Å². The highest BCUT2D eigenvalue weighted by Gasteiger charge is 2.45. The van der Waals surface area contributed by atoms with Crippen LogP contribution in [0.25, 0.3) is 0 Å². The van der Waals surface area contributed by atoms with Crippen molar-refractivity contribution < 1.29 is 4.79 Å². The number of nitrogens with zero attached hydrogens (tertiary/aromatic N) is 1. The highest BCUT2D eigenvalue weighted by Crippen LogP contribution is 2.41. The van der Waals surface area contributed by atoms with Crippen molar-refractivity contribution in [2.24, 2.45) is 5.92 Å². The van der Waals surface area contributed by atoms with Crippen LogP contribution in [0.15, 0.2) is 12.1 Å². The van der Waals surface area contributed by atoms with Crippen LogP contribution in [-0.4, -0.2) is 22.9 Å². The molecule has 3 nitrogen and oxygen atoms in total. The van der Waals surface area contributed by atoms with Gasteiger partial charge in [0.05, 0.1) is 6.04 Å². The SMILES string of the molecule is CCCCC1NC(c2ccc(C)s2)N(C(C)C2CC2)C1=O. The zero-order chi connectivity index (χ0) is 15.0. The minimum atomic E-state index is 0.0126. The third-order valence-electron chi connectivity index (χ3n) is 4.81. The summed E-state index contributed by atoms with van der Waals surface area (Å²) in [4.78, 5) is 17.6. The molecule has 1 aliphatic heterocycles. The summed E-state index contributed by atoms with van der Waals surface area (Å²) in [7, 11) is 0. The molecule has 3 atom stereocenters. The first-order valence-electron chi connectivity index (χ1n) is 8.26. The van der Waals surface area contributed by atoms with Crippen molar-refractivity contribution in [3.05, 3.63) is 21.9 Å². The summed E-state index contributed by atoms with van der Waals surface area (Å²) in [5, 5.41) is 3.61. The number of hydrogen-bond donors (Lipinski definition) is 1. The number of carbonyl (C=O) groups is 1. The average Bonchev–Trinajstić information content (AvgIpc) is 3.15. The summed E-state index contributed by atoms with van der Waals surface area (Å²) >= 11 is 1.81. The van der Waals surface area contributed by atoms with E-state index in [-0.39, 0.29) is 12.2 Å². The Labute approximate surface area is 131 Å². The van der Waals surface area contributed by atoms with Crippen molar-refractivity contribution in [2.75, 3.05) is 0 Å². The van der Waals surface area contributed by atoms with Crippen LogP contribution >= 0.6 is 11.3 Å². The molecular formula is C17H26N2OS. The lowest BCUT2D eigenvalue weighted by Crippen LogP contribution is -2.39. The van der Waals surface area contributed by atoms with E-state index in [1.807, 2.05) is 11.3 Å². The van der Waals surface area contributed by atoms with Gasteiger partial charge in [-0.25, -0.2) is 0 Å². The molecule has 2 fully saturated rings. The summed E-state index contributed by atoms with van der Waals surface area (Å²) in [6.07, 6.45) is 5.87. The quantitative estimate of drug-likeness (QED) is 0.866. The number of amides is 1. The van der Waals surface area contributed by atoms with Gasteiger partial charge in [0.2, 0.25) is 5.91 Å². The summed E-state index contributed by atoms with van der Waals surface area (Å²) < 4.78 is 0. The Bertz CT molecular complexity index is 509. The van der Waals surface area contributed by atoms with E-state index in [0.29, 0.717) is 17.9 Å². The first kappa shape index (κ1) is 15.0. The number of carbonyl (C=O) groups excluding carboxylic acids is 1. The maximum Gasteiger partial charge on any atom is 0.241 e. The van der Waals surface area contributed by atoms with Gasteiger partial charge in [-0.15, -0.1) is 11.3 Å². The van der Waals surface area contributed by atoms with Crippen LogP contribution < -0.4 is 5.32 Å². The van der Waals surface area contributed by atoms with E-state index in [0.717, 1.165) is 19.3 Å². The lowest BCUT2D eigenvalue weighted by molar-refractivity contribution is -0.132. The summed E-state index contributed by atoms with van der Waals surface area (Å²) in [6.45, 7) is 6.55. The molecule has 2 heterocycles. The Kier molecular flexibility index (Phi) is 4.36. The predicted molar refractivity (Wildman–Crippen MR) is 87.3 cm³/mol. The molecule has 0 spiro atoms. The zero-order valence-electron chi connectivity index (χ0n) is 13.3. The van der Waals surface area contributed by atoms with Gasteiger partial charge in [-0.1, -0.05) is 19.8 Å². The highest BCUT2D eigenvalue weighted by atomic mass is 32.1. The van der Waals surface area contributed by atoms with E-state index in [4.69, 9.17) is 0 Å². The van der Waals surface area contributed by atoms with E-state index >= 15 is 0 Å². The second-order valence-corrected chi connectivity index (χ2v) is 7.86. The van der Waals surface area contributed by atoms with Crippen molar-refractivity contribution in [3.63, 3.8) is 0 Å².